The summed E-state index contributed by atoms with van der Waals surface area (Å²) in [6, 6.07) is 12.6. The Bertz CT molecular complexity index is 1210. The number of benzene rings is 2. The molecule has 160 valence electrons. The topological polar surface area (TPSA) is 104 Å². The van der Waals surface area contributed by atoms with E-state index in [4.69, 9.17) is 14.9 Å². The molecule has 1 amide bonds. The van der Waals surface area contributed by atoms with Crippen molar-refractivity contribution in [3.05, 3.63) is 59.6 Å². The van der Waals surface area contributed by atoms with Gasteiger partial charge in [0.25, 0.3) is 11.7 Å². The maximum atomic E-state index is 12.8. The summed E-state index contributed by atoms with van der Waals surface area (Å²) in [5, 5.41) is 20.6. The third-order valence-corrected chi connectivity index (χ3v) is 5.45. The van der Waals surface area contributed by atoms with Gasteiger partial charge in [0.1, 0.15) is 11.3 Å². The first kappa shape index (κ1) is 20.3. The molecule has 1 aromatic heterocycles. The molecular weight excluding hydrogens is 398 g/mol. The van der Waals surface area contributed by atoms with Crippen LogP contribution >= 0.6 is 0 Å². The third-order valence-electron chi connectivity index (χ3n) is 5.45. The maximum Gasteiger partial charge on any atom is 0.296 e. The van der Waals surface area contributed by atoms with Crippen molar-refractivity contribution in [2.75, 3.05) is 20.8 Å². The number of nitrogens with one attached hydrogen (secondary N) is 2. The summed E-state index contributed by atoms with van der Waals surface area (Å²) in [6.45, 7) is -0.00524. The predicted octanol–water partition coefficient (Wildman–Crippen LogP) is 1.93. The highest BCUT2D eigenvalue weighted by Crippen LogP contribution is 2.29. The standard InChI is InChI=1S/C22H23N5O4/c1-25-14-7-5-6-8-15(14)26(2)22(25)19-16(28)12-27(20(19)23)24-21(29)13-9-10-17(30-3)18(11-13)31-4/h5-11,23H,12H2,1-4H3,(H,24,29)/p+1. The minimum Gasteiger partial charge on any atom is -0.509 e. The van der Waals surface area contributed by atoms with Crippen LogP contribution in [0.3, 0.4) is 0 Å². The molecule has 0 bridgehead atoms. The molecule has 0 unspecified atom stereocenters. The highest BCUT2D eigenvalue weighted by molar-refractivity contribution is 6.23. The molecule has 0 radical (unpaired) electrons. The third kappa shape index (κ3) is 3.24. The predicted molar refractivity (Wildman–Crippen MR) is 115 cm³/mol. The molecular formula is C22H24N5O4+. The van der Waals surface area contributed by atoms with Crippen LogP contribution in [0.5, 0.6) is 11.5 Å². The van der Waals surface area contributed by atoms with Gasteiger partial charge in [-0.25, -0.2) is 9.13 Å². The molecule has 1 aliphatic heterocycles. The molecule has 0 aliphatic carbocycles. The Hall–Kier alpha value is -4.01. The van der Waals surface area contributed by atoms with Crippen molar-refractivity contribution in [3.8, 4) is 11.5 Å². The van der Waals surface area contributed by atoms with Crippen LogP contribution in [-0.2, 0) is 14.1 Å². The number of amides is 1. The molecule has 0 saturated heterocycles. The number of methoxy groups -OCH3 is 2. The number of aliphatic hydroxyl groups excluding tert-OH is 1. The van der Waals surface area contributed by atoms with Crippen molar-refractivity contribution < 1.29 is 23.9 Å². The Morgan fingerprint density at radius 3 is 2.55 bits per heavy atom. The van der Waals surface area contributed by atoms with Crippen molar-refractivity contribution in [2.24, 2.45) is 14.1 Å². The van der Waals surface area contributed by atoms with Crippen LogP contribution in [0.2, 0.25) is 0 Å². The van der Waals surface area contributed by atoms with Gasteiger partial charge in [-0.1, -0.05) is 12.1 Å². The van der Waals surface area contributed by atoms with E-state index in [0.717, 1.165) is 11.0 Å². The van der Waals surface area contributed by atoms with Gasteiger partial charge in [0.05, 0.1) is 34.9 Å². The van der Waals surface area contributed by atoms with Gasteiger partial charge in [0, 0.05) is 5.56 Å². The molecule has 2 aromatic carbocycles. The van der Waals surface area contributed by atoms with E-state index in [9.17, 15) is 9.90 Å². The molecule has 1 aliphatic rings. The number of amidine groups is 1. The van der Waals surface area contributed by atoms with Crippen LogP contribution in [0, 0.1) is 5.41 Å². The van der Waals surface area contributed by atoms with Crippen LogP contribution in [0.25, 0.3) is 16.6 Å². The Labute approximate surface area is 179 Å². The molecule has 31 heavy (non-hydrogen) atoms. The van der Waals surface area contributed by atoms with Gasteiger partial charge in [-0.15, -0.1) is 0 Å². The van der Waals surface area contributed by atoms with E-state index in [2.05, 4.69) is 5.43 Å². The number of hydrogen-bond acceptors (Lipinski definition) is 5. The Morgan fingerprint density at radius 2 is 1.87 bits per heavy atom. The van der Waals surface area contributed by atoms with Crippen LogP contribution in [0.15, 0.2) is 48.2 Å². The summed E-state index contributed by atoms with van der Waals surface area (Å²) < 4.78 is 14.3. The van der Waals surface area contributed by atoms with Crippen LogP contribution in [0.4, 0.5) is 0 Å². The van der Waals surface area contributed by atoms with E-state index in [-0.39, 0.29) is 18.1 Å². The van der Waals surface area contributed by atoms with Crippen molar-refractivity contribution in [3.63, 3.8) is 0 Å². The molecule has 3 aromatic rings. The van der Waals surface area contributed by atoms with Gasteiger partial charge in [0.2, 0.25) is 0 Å². The molecule has 9 heteroatoms. The summed E-state index contributed by atoms with van der Waals surface area (Å²) in [4.78, 5) is 12.8. The van der Waals surface area contributed by atoms with E-state index in [1.165, 1.54) is 19.2 Å². The number of nitrogens with zero attached hydrogens (tertiary/aromatic N) is 3. The number of aryl methyl sites for hydroxylation is 2. The lowest BCUT2D eigenvalue weighted by atomic mass is 10.2. The van der Waals surface area contributed by atoms with Crippen molar-refractivity contribution in [1.29, 1.82) is 5.41 Å². The van der Waals surface area contributed by atoms with E-state index >= 15 is 0 Å². The number of aliphatic hydroxyl groups is 1. The maximum absolute atomic E-state index is 12.8. The first-order valence-corrected chi connectivity index (χ1v) is 9.62. The average molecular weight is 422 g/mol. The Kier molecular flexibility index (Phi) is 5.02. The SMILES string of the molecule is COc1ccc(C(=O)NN2CC(O)=C(c3n(C)c4ccccc4[n+]3C)C2=N)cc1OC. The van der Waals surface area contributed by atoms with Crippen LogP contribution < -0.4 is 19.5 Å². The second kappa shape index (κ2) is 7.67. The lowest BCUT2D eigenvalue weighted by Crippen LogP contribution is -2.44. The number of ether oxygens (including phenoxy) is 2. The second-order valence-corrected chi connectivity index (χ2v) is 7.20. The lowest BCUT2D eigenvalue weighted by molar-refractivity contribution is -0.648. The molecule has 0 atom stereocenters. The highest BCUT2D eigenvalue weighted by Gasteiger charge is 2.37. The van der Waals surface area contributed by atoms with Gasteiger partial charge in [-0.3, -0.25) is 20.6 Å². The van der Waals surface area contributed by atoms with Gasteiger partial charge in [0.15, 0.2) is 28.4 Å². The van der Waals surface area contributed by atoms with Gasteiger partial charge < -0.3 is 14.6 Å². The van der Waals surface area contributed by atoms with Crippen molar-refractivity contribution in [2.45, 2.75) is 0 Å². The summed E-state index contributed by atoms with van der Waals surface area (Å²) in [6.07, 6.45) is 0. The highest BCUT2D eigenvalue weighted by atomic mass is 16.5. The van der Waals surface area contributed by atoms with Crippen molar-refractivity contribution in [1.82, 2.24) is 15.0 Å². The lowest BCUT2D eigenvalue weighted by Gasteiger charge is -2.19. The quantitative estimate of drug-likeness (QED) is 0.545. The minimum absolute atomic E-state index is 0.00524. The number of aromatic nitrogens is 2. The number of hydrogen-bond donors (Lipinski definition) is 3. The number of hydrazine groups is 1. The minimum atomic E-state index is -0.429. The van der Waals surface area contributed by atoms with Gasteiger partial charge in [-0.2, -0.15) is 0 Å². The first-order chi connectivity index (χ1) is 14.9. The van der Waals surface area contributed by atoms with E-state index in [1.807, 2.05) is 47.5 Å². The smallest absolute Gasteiger partial charge is 0.296 e. The summed E-state index contributed by atoms with van der Waals surface area (Å²) in [5.41, 5.74) is 5.35. The fourth-order valence-corrected chi connectivity index (χ4v) is 3.89. The zero-order chi connectivity index (χ0) is 22.3. The first-order valence-electron chi connectivity index (χ1n) is 9.62. The zero-order valence-corrected chi connectivity index (χ0v) is 17.8. The molecule has 9 nitrogen and oxygen atoms in total. The van der Waals surface area contributed by atoms with Gasteiger partial charge in [-0.05, 0) is 30.3 Å². The monoisotopic (exact) mass is 422 g/mol. The number of carbonyl (C=O) groups excluding carboxylic acids is 1. The molecule has 4 rings (SSSR count). The van der Waals surface area contributed by atoms with E-state index < -0.39 is 5.91 Å². The molecule has 0 saturated carbocycles. The molecule has 2 heterocycles. The van der Waals surface area contributed by atoms with Crippen molar-refractivity contribution >= 4 is 28.3 Å². The van der Waals surface area contributed by atoms with Gasteiger partial charge >= 0.3 is 0 Å². The number of imidazole rings is 1. The van der Waals surface area contributed by atoms with E-state index in [0.29, 0.717) is 28.5 Å². The summed E-state index contributed by atoms with van der Waals surface area (Å²) >= 11 is 0. The fraction of sp³-hybridized carbons (Fsp3) is 0.227. The number of fused-ring (bicyclic) bond motifs is 1. The zero-order valence-electron chi connectivity index (χ0n) is 17.8. The van der Waals surface area contributed by atoms with Crippen LogP contribution in [-0.4, -0.2) is 47.2 Å². The largest absolute Gasteiger partial charge is 0.509 e. The Balaban J connectivity index is 1.61. The molecule has 0 fully saturated rings. The molecule has 3 N–H and O–H groups in total. The van der Waals surface area contributed by atoms with E-state index in [1.54, 1.807) is 18.2 Å². The second-order valence-electron chi connectivity index (χ2n) is 7.20. The summed E-state index contributed by atoms with van der Waals surface area (Å²) in [7, 11) is 6.78. The Morgan fingerprint density at radius 1 is 1.16 bits per heavy atom. The summed E-state index contributed by atoms with van der Waals surface area (Å²) in [5.74, 6) is 1.20. The number of carbonyl (C=O) groups is 1. The number of rotatable bonds is 5. The fourth-order valence-electron chi connectivity index (χ4n) is 3.89. The normalized spacial score (nSPS) is 13.8. The number of para-hydroxylation sites is 2. The molecule has 0 spiro atoms. The van der Waals surface area contributed by atoms with Crippen LogP contribution in [0.1, 0.15) is 16.2 Å². The average Bonchev–Trinajstić information content (AvgIpc) is 3.19.